The lowest BCUT2D eigenvalue weighted by Gasteiger charge is -2.03. The number of nitrogens with two attached hydrogens (primary N) is 1. The van der Waals surface area contributed by atoms with Crippen molar-refractivity contribution in [2.45, 2.75) is 0 Å². The highest BCUT2D eigenvalue weighted by molar-refractivity contribution is 6.22. The van der Waals surface area contributed by atoms with E-state index in [9.17, 15) is 4.79 Å². The third-order valence-electron chi connectivity index (χ3n) is 4.24. The van der Waals surface area contributed by atoms with E-state index in [0.29, 0.717) is 11.4 Å². The molecule has 4 nitrogen and oxygen atoms in total. The molecule has 0 atom stereocenters. The van der Waals surface area contributed by atoms with Gasteiger partial charge in [0.1, 0.15) is 5.82 Å². The van der Waals surface area contributed by atoms with E-state index < -0.39 is 5.91 Å². The van der Waals surface area contributed by atoms with Crippen LogP contribution in [0.5, 0.6) is 0 Å². The molecule has 126 valence electrons. The Bertz CT molecular complexity index is 1060. The Kier molecular flexibility index (Phi) is 4.07. The van der Waals surface area contributed by atoms with E-state index >= 15 is 0 Å². The zero-order chi connectivity index (χ0) is 17.9. The summed E-state index contributed by atoms with van der Waals surface area (Å²) in [7, 11) is 0. The van der Waals surface area contributed by atoms with E-state index in [1.165, 1.54) is 0 Å². The number of fused-ring (bicyclic) bond motifs is 1. The predicted molar refractivity (Wildman–Crippen MR) is 105 cm³/mol. The van der Waals surface area contributed by atoms with Crippen molar-refractivity contribution in [3.8, 4) is 11.1 Å². The number of H-pyrrole nitrogens is 1. The van der Waals surface area contributed by atoms with Gasteiger partial charge in [0.25, 0.3) is 5.91 Å². The van der Waals surface area contributed by atoms with Gasteiger partial charge in [-0.05, 0) is 34.9 Å². The van der Waals surface area contributed by atoms with Gasteiger partial charge in [0.05, 0.1) is 16.6 Å². The van der Waals surface area contributed by atoms with Crippen molar-refractivity contribution < 1.29 is 4.79 Å². The number of nitrogens with zero attached hydrogens (tertiary/aromatic N) is 1. The number of benzene rings is 3. The fourth-order valence-corrected chi connectivity index (χ4v) is 2.91. The Labute approximate surface area is 151 Å². The normalized spacial score (nSPS) is 11.6. The van der Waals surface area contributed by atoms with Gasteiger partial charge in [0, 0.05) is 0 Å². The second-order valence-electron chi connectivity index (χ2n) is 6.01. The maximum absolute atomic E-state index is 12.0. The predicted octanol–water partition coefficient (Wildman–Crippen LogP) is 4.26. The molecule has 0 aliphatic heterocycles. The van der Waals surface area contributed by atoms with Gasteiger partial charge in [-0.15, -0.1) is 0 Å². The highest BCUT2D eigenvalue weighted by Gasteiger charge is 2.13. The number of para-hydroxylation sites is 2. The molecule has 0 aliphatic rings. The van der Waals surface area contributed by atoms with Crippen molar-refractivity contribution in [1.82, 2.24) is 9.97 Å². The van der Waals surface area contributed by atoms with Crippen molar-refractivity contribution in [1.29, 1.82) is 0 Å². The fourth-order valence-electron chi connectivity index (χ4n) is 2.91. The van der Waals surface area contributed by atoms with Crippen LogP contribution in [0, 0.1) is 0 Å². The third-order valence-corrected chi connectivity index (χ3v) is 4.24. The molecule has 0 unspecified atom stereocenters. The Morgan fingerprint density at radius 3 is 2.19 bits per heavy atom. The molecule has 4 aromatic rings. The van der Waals surface area contributed by atoms with Crippen LogP contribution in [-0.4, -0.2) is 15.9 Å². The molecule has 1 heterocycles. The second-order valence-corrected chi connectivity index (χ2v) is 6.01. The Balaban J connectivity index is 1.70. The van der Waals surface area contributed by atoms with Gasteiger partial charge in [-0.1, -0.05) is 66.7 Å². The van der Waals surface area contributed by atoms with Crippen LogP contribution >= 0.6 is 0 Å². The summed E-state index contributed by atoms with van der Waals surface area (Å²) >= 11 is 0. The van der Waals surface area contributed by atoms with Crippen LogP contribution in [0.25, 0.3) is 33.8 Å². The maximum Gasteiger partial charge on any atom is 0.252 e. The lowest BCUT2D eigenvalue weighted by Crippen LogP contribution is -2.13. The third kappa shape index (κ3) is 3.13. The molecule has 0 saturated heterocycles. The van der Waals surface area contributed by atoms with Crippen molar-refractivity contribution in [3.05, 3.63) is 90.3 Å². The van der Waals surface area contributed by atoms with Crippen LogP contribution in [0.3, 0.4) is 0 Å². The zero-order valence-electron chi connectivity index (χ0n) is 14.0. The maximum atomic E-state index is 12.0. The summed E-state index contributed by atoms with van der Waals surface area (Å²) in [6, 6.07) is 25.8. The summed E-state index contributed by atoms with van der Waals surface area (Å²) in [6.45, 7) is 0. The summed E-state index contributed by atoms with van der Waals surface area (Å²) in [4.78, 5) is 19.6. The monoisotopic (exact) mass is 339 g/mol. The molecule has 1 aromatic heterocycles. The molecule has 1 amide bonds. The number of primary amides is 1. The van der Waals surface area contributed by atoms with E-state index in [0.717, 1.165) is 27.7 Å². The van der Waals surface area contributed by atoms with Gasteiger partial charge in [-0.25, -0.2) is 4.98 Å². The van der Waals surface area contributed by atoms with Gasteiger partial charge >= 0.3 is 0 Å². The highest BCUT2D eigenvalue weighted by atomic mass is 16.1. The average molecular weight is 339 g/mol. The molecule has 0 radical (unpaired) electrons. The molecule has 0 bridgehead atoms. The summed E-state index contributed by atoms with van der Waals surface area (Å²) in [5.41, 5.74) is 10.8. The molecule has 0 aliphatic carbocycles. The summed E-state index contributed by atoms with van der Waals surface area (Å²) in [5, 5.41) is 0. The number of rotatable bonds is 4. The van der Waals surface area contributed by atoms with Crippen molar-refractivity contribution >= 4 is 28.6 Å². The zero-order valence-corrected chi connectivity index (χ0v) is 14.0. The van der Waals surface area contributed by atoms with E-state index in [2.05, 4.69) is 22.1 Å². The molecule has 26 heavy (non-hydrogen) atoms. The summed E-state index contributed by atoms with van der Waals surface area (Å²) in [6.07, 6.45) is 1.76. The topological polar surface area (TPSA) is 71.8 Å². The van der Waals surface area contributed by atoms with Gasteiger partial charge in [0.2, 0.25) is 0 Å². The minimum Gasteiger partial charge on any atom is -0.365 e. The molecule has 3 N–H and O–H groups in total. The minimum absolute atomic E-state index is 0.355. The quantitative estimate of drug-likeness (QED) is 0.545. The first-order valence-corrected chi connectivity index (χ1v) is 8.33. The molecular weight excluding hydrogens is 322 g/mol. The SMILES string of the molecule is NC(=O)/C(=C\c1ccc(-c2ccccc2)cc1)c1nc2ccccc2[nH]1. The van der Waals surface area contributed by atoms with Crippen LogP contribution in [0.15, 0.2) is 78.9 Å². The lowest BCUT2D eigenvalue weighted by molar-refractivity contribution is -0.112. The number of aromatic amines is 1. The number of nitrogens with one attached hydrogen (secondary N) is 1. The van der Waals surface area contributed by atoms with Crippen LogP contribution in [0.4, 0.5) is 0 Å². The number of amides is 1. The Morgan fingerprint density at radius 2 is 1.50 bits per heavy atom. The molecular formula is C22H17N3O. The fraction of sp³-hybridized carbons (Fsp3) is 0. The minimum atomic E-state index is -0.517. The number of hydrogen-bond acceptors (Lipinski definition) is 2. The largest absolute Gasteiger partial charge is 0.365 e. The standard InChI is InChI=1S/C22H17N3O/c23-21(26)18(22-24-19-8-4-5-9-20(19)25-22)14-15-10-12-17(13-11-15)16-6-2-1-3-7-16/h1-14H,(H2,23,26)(H,24,25)/b18-14+. The number of carbonyl (C=O) groups excluding carboxylic acids is 1. The number of carbonyl (C=O) groups is 1. The number of hydrogen-bond donors (Lipinski definition) is 2. The van der Waals surface area contributed by atoms with E-state index in [1.54, 1.807) is 6.08 Å². The van der Waals surface area contributed by atoms with Crippen LogP contribution in [-0.2, 0) is 4.79 Å². The first-order valence-electron chi connectivity index (χ1n) is 8.33. The lowest BCUT2D eigenvalue weighted by atomic mass is 10.0. The summed E-state index contributed by atoms with van der Waals surface area (Å²) in [5.74, 6) is -0.0398. The molecule has 4 heteroatoms. The van der Waals surface area contributed by atoms with E-state index in [4.69, 9.17) is 5.73 Å². The molecule has 4 rings (SSSR count). The Hall–Kier alpha value is -3.66. The van der Waals surface area contributed by atoms with Crippen molar-refractivity contribution in [2.24, 2.45) is 5.73 Å². The molecule has 0 spiro atoms. The van der Waals surface area contributed by atoms with Gasteiger partial charge in [-0.3, -0.25) is 4.79 Å². The second kappa shape index (κ2) is 6.69. The van der Waals surface area contributed by atoms with E-state index in [-0.39, 0.29) is 0 Å². The smallest absolute Gasteiger partial charge is 0.252 e. The molecule has 0 fully saturated rings. The first kappa shape index (κ1) is 15.8. The van der Waals surface area contributed by atoms with Gasteiger partial charge in [-0.2, -0.15) is 0 Å². The van der Waals surface area contributed by atoms with Crippen LogP contribution < -0.4 is 5.73 Å². The summed E-state index contributed by atoms with van der Waals surface area (Å²) < 4.78 is 0. The first-order chi connectivity index (χ1) is 12.7. The van der Waals surface area contributed by atoms with Crippen molar-refractivity contribution in [2.75, 3.05) is 0 Å². The Morgan fingerprint density at radius 1 is 0.846 bits per heavy atom. The molecule has 0 saturated carbocycles. The van der Waals surface area contributed by atoms with E-state index in [1.807, 2.05) is 66.7 Å². The molecule has 3 aromatic carbocycles. The number of imidazole rings is 1. The van der Waals surface area contributed by atoms with Crippen molar-refractivity contribution in [3.63, 3.8) is 0 Å². The van der Waals surface area contributed by atoms with Crippen LogP contribution in [0.1, 0.15) is 11.4 Å². The van der Waals surface area contributed by atoms with Gasteiger partial charge in [0.15, 0.2) is 0 Å². The van der Waals surface area contributed by atoms with Crippen LogP contribution in [0.2, 0.25) is 0 Å². The average Bonchev–Trinajstić information content (AvgIpc) is 3.11. The van der Waals surface area contributed by atoms with Gasteiger partial charge < -0.3 is 10.7 Å². The number of aromatic nitrogens is 2. The highest BCUT2D eigenvalue weighted by Crippen LogP contribution is 2.22.